The first-order valence-electron chi connectivity index (χ1n) is 7.24. The number of benzene rings is 1. The van der Waals surface area contributed by atoms with Crippen LogP contribution in [0.15, 0.2) is 30.3 Å². The number of ether oxygens (including phenoxy) is 1. The first-order valence-corrected chi connectivity index (χ1v) is 7.24. The van der Waals surface area contributed by atoms with Crippen LogP contribution in [-0.4, -0.2) is 31.7 Å². The number of amides is 1. The number of carbonyl (C=O) groups is 1. The number of hydrogen-bond acceptors (Lipinski definition) is 3. The summed E-state index contributed by atoms with van der Waals surface area (Å²) in [7, 11) is 0. The molecule has 1 atom stereocenters. The maximum absolute atomic E-state index is 11.8. The fraction of sp³-hybridized carbons (Fsp3) is 0.562. The van der Waals surface area contributed by atoms with Gasteiger partial charge in [0, 0.05) is 19.8 Å². The van der Waals surface area contributed by atoms with Gasteiger partial charge >= 0.3 is 0 Å². The van der Waals surface area contributed by atoms with Crippen LogP contribution < -0.4 is 11.1 Å². The van der Waals surface area contributed by atoms with Crippen LogP contribution in [0.4, 0.5) is 0 Å². The molecular weight excluding hydrogens is 252 g/mol. The number of nitrogens with one attached hydrogen (secondary N) is 1. The van der Waals surface area contributed by atoms with Crippen LogP contribution in [-0.2, 0) is 16.0 Å². The van der Waals surface area contributed by atoms with E-state index in [2.05, 4.69) is 19.2 Å². The largest absolute Gasteiger partial charge is 0.381 e. The predicted molar refractivity (Wildman–Crippen MR) is 81.4 cm³/mol. The van der Waals surface area contributed by atoms with Crippen LogP contribution >= 0.6 is 0 Å². The maximum atomic E-state index is 11.8. The van der Waals surface area contributed by atoms with E-state index in [1.807, 2.05) is 30.3 Å². The van der Waals surface area contributed by atoms with Crippen molar-refractivity contribution in [3.05, 3.63) is 35.9 Å². The van der Waals surface area contributed by atoms with Gasteiger partial charge in [0.15, 0.2) is 0 Å². The zero-order valence-corrected chi connectivity index (χ0v) is 12.5. The number of carbonyl (C=O) groups excluding carboxylic acids is 1. The highest BCUT2D eigenvalue weighted by Crippen LogP contribution is 2.01. The summed E-state index contributed by atoms with van der Waals surface area (Å²) in [4.78, 5) is 11.8. The monoisotopic (exact) mass is 278 g/mol. The molecule has 1 aromatic rings. The van der Waals surface area contributed by atoms with E-state index in [1.165, 1.54) is 0 Å². The second-order valence-corrected chi connectivity index (χ2v) is 5.41. The van der Waals surface area contributed by atoms with E-state index in [4.69, 9.17) is 10.5 Å². The van der Waals surface area contributed by atoms with Gasteiger partial charge in [-0.1, -0.05) is 44.2 Å². The van der Waals surface area contributed by atoms with Crippen molar-refractivity contribution in [2.24, 2.45) is 11.7 Å². The summed E-state index contributed by atoms with van der Waals surface area (Å²) in [6, 6.07) is 9.32. The lowest BCUT2D eigenvalue weighted by Gasteiger charge is -2.12. The molecule has 4 nitrogen and oxygen atoms in total. The molecule has 0 heterocycles. The standard InChI is InChI=1S/C16H26N2O2/c1-13(2)12-20-10-6-9-18-16(19)15(17)11-14-7-4-3-5-8-14/h3-5,7-8,13,15H,6,9-12,17H2,1-2H3,(H,18,19). The molecule has 0 saturated carbocycles. The van der Waals surface area contributed by atoms with Gasteiger partial charge in [-0.2, -0.15) is 0 Å². The fourth-order valence-corrected chi connectivity index (χ4v) is 1.80. The summed E-state index contributed by atoms with van der Waals surface area (Å²) in [5.41, 5.74) is 6.97. The molecule has 1 rings (SSSR count). The summed E-state index contributed by atoms with van der Waals surface area (Å²) in [6.45, 7) is 6.28. The lowest BCUT2D eigenvalue weighted by molar-refractivity contribution is -0.122. The summed E-state index contributed by atoms with van der Waals surface area (Å²) >= 11 is 0. The maximum Gasteiger partial charge on any atom is 0.237 e. The highest BCUT2D eigenvalue weighted by Gasteiger charge is 2.12. The lowest BCUT2D eigenvalue weighted by atomic mass is 10.1. The first-order chi connectivity index (χ1) is 9.59. The third kappa shape index (κ3) is 7.26. The van der Waals surface area contributed by atoms with E-state index in [1.54, 1.807) is 0 Å². The summed E-state index contributed by atoms with van der Waals surface area (Å²) < 4.78 is 5.45. The third-order valence-corrected chi connectivity index (χ3v) is 2.85. The SMILES string of the molecule is CC(C)COCCCNC(=O)C(N)Cc1ccccc1. The zero-order chi connectivity index (χ0) is 14.8. The Kier molecular flexibility index (Phi) is 7.92. The van der Waals surface area contributed by atoms with Gasteiger partial charge < -0.3 is 15.8 Å². The normalized spacial score (nSPS) is 12.4. The molecule has 1 amide bonds. The van der Waals surface area contributed by atoms with Crippen molar-refractivity contribution < 1.29 is 9.53 Å². The lowest BCUT2D eigenvalue weighted by Crippen LogP contribution is -2.42. The molecule has 0 saturated heterocycles. The molecule has 3 N–H and O–H groups in total. The van der Waals surface area contributed by atoms with Crippen LogP contribution in [0.25, 0.3) is 0 Å². The Hall–Kier alpha value is -1.39. The second kappa shape index (κ2) is 9.50. The van der Waals surface area contributed by atoms with E-state index in [0.717, 1.165) is 18.6 Å². The van der Waals surface area contributed by atoms with Crippen LogP contribution in [0.2, 0.25) is 0 Å². The fourth-order valence-electron chi connectivity index (χ4n) is 1.80. The van der Waals surface area contributed by atoms with E-state index in [0.29, 0.717) is 25.5 Å². The number of nitrogens with two attached hydrogens (primary N) is 1. The van der Waals surface area contributed by atoms with Crippen molar-refractivity contribution >= 4 is 5.91 Å². The van der Waals surface area contributed by atoms with E-state index >= 15 is 0 Å². The van der Waals surface area contributed by atoms with Crippen molar-refractivity contribution in [1.82, 2.24) is 5.32 Å². The van der Waals surface area contributed by atoms with Gasteiger partial charge in [0.25, 0.3) is 0 Å². The van der Waals surface area contributed by atoms with Gasteiger partial charge in [-0.25, -0.2) is 0 Å². The number of hydrogen-bond donors (Lipinski definition) is 2. The third-order valence-electron chi connectivity index (χ3n) is 2.85. The van der Waals surface area contributed by atoms with Gasteiger partial charge in [-0.15, -0.1) is 0 Å². The minimum Gasteiger partial charge on any atom is -0.381 e. The summed E-state index contributed by atoms with van der Waals surface area (Å²) in [6.07, 6.45) is 1.38. The topological polar surface area (TPSA) is 64.3 Å². The molecule has 0 spiro atoms. The molecule has 0 aliphatic rings. The van der Waals surface area contributed by atoms with E-state index < -0.39 is 6.04 Å². The first kappa shape index (κ1) is 16.7. The molecule has 0 bridgehead atoms. The average molecular weight is 278 g/mol. The van der Waals surface area contributed by atoms with Crippen molar-refractivity contribution in [1.29, 1.82) is 0 Å². The Balaban J connectivity index is 2.13. The van der Waals surface area contributed by atoms with Gasteiger partial charge in [-0.05, 0) is 24.3 Å². The van der Waals surface area contributed by atoms with E-state index in [-0.39, 0.29) is 5.91 Å². The van der Waals surface area contributed by atoms with Crippen molar-refractivity contribution in [2.75, 3.05) is 19.8 Å². The van der Waals surface area contributed by atoms with Gasteiger partial charge in [-0.3, -0.25) is 4.79 Å². The summed E-state index contributed by atoms with van der Waals surface area (Å²) in [5.74, 6) is 0.446. The minimum atomic E-state index is -0.492. The molecule has 1 aromatic carbocycles. The van der Waals surface area contributed by atoms with Crippen LogP contribution in [0.3, 0.4) is 0 Å². The van der Waals surface area contributed by atoms with E-state index in [9.17, 15) is 4.79 Å². The van der Waals surface area contributed by atoms with Gasteiger partial charge in [0.2, 0.25) is 5.91 Å². The molecule has 20 heavy (non-hydrogen) atoms. The van der Waals surface area contributed by atoms with Crippen molar-refractivity contribution in [3.63, 3.8) is 0 Å². The Morgan fingerprint density at radius 3 is 2.65 bits per heavy atom. The summed E-state index contributed by atoms with van der Waals surface area (Å²) in [5, 5.41) is 2.85. The predicted octanol–water partition coefficient (Wildman–Crippen LogP) is 1.74. The minimum absolute atomic E-state index is 0.0993. The highest BCUT2D eigenvalue weighted by atomic mass is 16.5. The Bertz CT molecular complexity index is 379. The van der Waals surface area contributed by atoms with Gasteiger partial charge in [0.05, 0.1) is 6.04 Å². The quantitative estimate of drug-likeness (QED) is 0.676. The molecule has 0 radical (unpaired) electrons. The average Bonchev–Trinajstić information content (AvgIpc) is 2.43. The Morgan fingerprint density at radius 1 is 1.30 bits per heavy atom. The van der Waals surface area contributed by atoms with Crippen molar-refractivity contribution in [2.45, 2.75) is 32.7 Å². The van der Waals surface area contributed by atoms with Crippen LogP contribution in [0, 0.1) is 5.92 Å². The molecular formula is C16H26N2O2. The van der Waals surface area contributed by atoms with Gasteiger partial charge in [0.1, 0.15) is 0 Å². The molecule has 0 aromatic heterocycles. The molecule has 0 fully saturated rings. The molecule has 112 valence electrons. The van der Waals surface area contributed by atoms with Crippen LogP contribution in [0.1, 0.15) is 25.8 Å². The molecule has 0 aliphatic carbocycles. The highest BCUT2D eigenvalue weighted by molar-refractivity contribution is 5.81. The second-order valence-electron chi connectivity index (χ2n) is 5.41. The Labute approximate surface area is 121 Å². The molecule has 0 aliphatic heterocycles. The smallest absolute Gasteiger partial charge is 0.237 e. The van der Waals surface area contributed by atoms with Crippen molar-refractivity contribution in [3.8, 4) is 0 Å². The molecule has 4 heteroatoms. The zero-order valence-electron chi connectivity index (χ0n) is 12.5. The van der Waals surface area contributed by atoms with Crippen LogP contribution in [0.5, 0.6) is 0 Å². The Morgan fingerprint density at radius 2 is 2.00 bits per heavy atom. The molecule has 1 unspecified atom stereocenters. The number of rotatable bonds is 9.